The van der Waals surface area contributed by atoms with Gasteiger partial charge in [0.1, 0.15) is 0 Å². The van der Waals surface area contributed by atoms with Gasteiger partial charge in [-0.25, -0.2) is 0 Å². The highest BCUT2D eigenvalue weighted by Crippen LogP contribution is 2.29. The van der Waals surface area contributed by atoms with Crippen LogP contribution in [0.2, 0.25) is 0 Å². The Hall–Kier alpha value is -1.10. The van der Waals surface area contributed by atoms with E-state index in [0.717, 1.165) is 19.3 Å². The van der Waals surface area contributed by atoms with Crippen molar-refractivity contribution < 1.29 is 14.7 Å². The number of carbonyl (C=O) groups is 2. The van der Waals surface area contributed by atoms with Crippen LogP contribution in [0.3, 0.4) is 0 Å². The van der Waals surface area contributed by atoms with Crippen LogP contribution in [-0.2, 0) is 9.59 Å². The topological polar surface area (TPSA) is 92.4 Å². The number of carboxylic acid groups (broad SMARTS) is 1. The molecule has 0 spiro atoms. The Kier molecular flexibility index (Phi) is 6.84. The molecule has 4 N–H and O–H groups in total. The molecule has 0 heterocycles. The Bertz CT molecular complexity index is 307. The van der Waals surface area contributed by atoms with Crippen molar-refractivity contribution in [2.45, 2.75) is 45.4 Å². The fourth-order valence-electron chi connectivity index (χ4n) is 2.71. The summed E-state index contributed by atoms with van der Waals surface area (Å²) in [7, 11) is 0. The van der Waals surface area contributed by atoms with E-state index in [2.05, 4.69) is 5.32 Å². The maximum Gasteiger partial charge on any atom is 0.306 e. The van der Waals surface area contributed by atoms with E-state index in [1.54, 1.807) is 6.92 Å². The summed E-state index contributed by atoms with van der Waals surface area (Å²) >= 11 is 0. The average Bonchev–Trinajstić information content (AvgIpc) is 2.42. The Morgan fingerprint density at radius 2 is 2.05 bits per heavy atom. The number of rotatable bonds is 7. The van der Waals surface area contributed by atoms with E-state index in [1.807, 2.05) is 0 Å². The van der Waals surface area contributed by atoms with Crippen LogP contribution < -0.4 is 11.1 Å². The minimum atomic E-state index is -0.776. The van der Waals surface area contributed by atoms with Crippen LogP contribution >= 0.6 is 0 Å². The third-order valence-electron chi connectivity index (χ3n) is 4.08. The molecule has 1 aliphatic rings. The van der Waals surface area contributed by atoms with E-state index in [4.69, 9.17) is 10.8 Å². The molecule has 0 aliphatic heterocycles. The predicted molar refractivity (Wildman–Crippen MR) is 73.5 cm³/mol. The molecule has 0 aromatic carbocycles. The number of hydrogen-bond acceptors (Lipinski definition) is 3. The normalized spacial score (nSPS) is 24.7. The third-order valence-corrected chi connectivity index (χ3v) is 4.08. The molecule has 3 unspecified atom stereocenters. The lowest BCUT2D eigenvalue weighted by Crippen LogP contribution is -2.39. The van der Waals surface area contributed by atoms with Crippen molar-refractivity contribution in [2.24, 2.45) is 23.5 Å². The van der Waals surface area contributed by atoms with Gasteiger partial charge in [-0.1, -0.05) is 19.8 Å². The molecule has 1 rings (SSSR count). The molecule has 1 saturated carbocycles. The molecule has 0 radical (unpaired) electrons. The summed E-state index contributed by atoms with van der Waals surface area (Å²) in [5, 5.41) is 11.7. The summed E-state index contributed by atoms with van der Waals surface area (Å²) in [6.07, 6.45) is 5.55. The first-order valence-corrected chi connectivity index (χ1v) is 7.26. The van der Waals surface area contributed by atoms with Gasteiger partial charge in [-0.2, -0.15) is 0 Å². The molecule has 3 atom stereocenters. The minimum Gasteiger partial charge on any atom is -0.481 e. The standard InChI is InChI=1S/C14H26N2O3/c1-10(14(18)19)5-4-8-16-13(17)12-7-3-2-6-11(12)9-15/h10-12H,2-9,15H2,1H3,(H,16,17)(H,18,19). The van der Waals surface area contributed by atoms with Gasteiger partial charge < -0.3 is 16.2 Å². The minimum absolute atomic E-state index is 0.0515. The van der Waals surface area contributed by atoms with Crippen LogP contribution in [0, 0.1) is 17.8 Å². The van der Waals surface area contributed by atoms with Gasteiger partial charge in [0.25, 0.3) is 0 Å². The van der Waals surface area contributed by atoms with E-state index in [0.29, 0.717) is 31.8 Å². The van der Waals surface area contributed by atoms with Gasteiger partial charge in [0.05, 0.1) is 5.92 Å². The van der Waals surface area contributed by atoms with Gasteiger partial charge in [-0.15, -0.1) is 0 Å². The zero-order chi connectivity index (χ0) is 14.3. The van der Waals surface area contributed by atoms with Crippen LogP contribution in [0.4, 0.5) is 0 Å². The maximum absolute atomic E-state index is 12.1. The quantitative estimate of drug-likeness (QED) is 0.609. The molecule has 110 valence electrons. The molecule has 1 fully saturated rings. The van der Waals surface area contributed by atoms with Crippen molar-refractivity contribution in [2.75, 3.05) is 13.1 Å². The van der Waals surface area contributed by atoms with Crippen LogP contribution in [-0.4, -0.2) is 30.1 Å². The number of carbonyl (C=O) groups excluding carboxylic acids is 1. The molecule has 1 amide bonds. The average molecular weight is 270 g/mol. The molecule has 19 heavy (non-hydrogen) atoms. The largest absolute Gasteiger partial charge is 0.481 e. The Morgan fingerprint density at radius 3 is 2.68 bits per heavy atom. The Balaban J connectivity index is 2.24. The van der Waals surface area contributed by atoms with Gasteiger partial charge in [0.15, 0.2) is 0 Å². The first-order valence-electron chi connectivity index (χ1n) is 7.26. The van der Waals surface area contributed by atoms with Crippen LogP contribution in [0.25, 0.3) is 0 Å². The summed E-state index contributed by atoms with van der Waals surface area (Å²) < 4.78 is 0. The fourth-order valence-corrected chi connectivity index (χ4v) is 2.71. The van der Waals surface area contributed by atoms with Crippen molar-refractivity contribution >= 4 is 11.9 Å². The molecule has 0 aromatic heterocycles. The lowest BCUT2D eigenvalue weighted by molar-refractivity contribution is -0.141. The van der Waals surface area contributed by atoms with Crippen LogP contribution in [0.1, 0.15) is 45.4 Å². The highest BCUT2D eigenvalue weighted by molar-refractivity contribution is 5.79. The number of aliphatic carboxylic acids is 1. The highest BCUT2D eigenvalue weighted by atomic mass is 16.4. The number of carboxylic acids is 1. The lowest BCUT2D eigenvalue weighted by Gasteiger charge is -2.29. The van der Waals surface area contributed by atoms with Crippen molar-refractivity contribution in [3.8, 4) is 0 Å². The molecular formula is C14H26N2O3. The molecular weight excluding hydrogens is 244 g/mol. The van der Waals surface area contributed by atoms with Gasteiger partial charge >= 0.3 is 5.97 Å². The van der Waals surface area contributed by atoms with Gasteiger partial charge in [-0.3, -0.25) is 9.59 Å². The first-order chi connectivity index (χ1) is 9.06. The number of hydrogen-bond donors (Lipinski definition) is 3. The maximum atomic E-state index is 12.1. The van der Waals surface area contributed by atoms with E-state index in [9.17, 15) is 9.59 Å². The van der Waals surface area contributed by atoms with Crippen molar-refractivity contribution in [1.82, 2.24) is 5.32 Å². The lowest BCUT2D eigenvalue weighted by atomic mass is 9.79. The van der Waals surface area contributed by atoms with Crippen LogP contribution in [0.15, 0.2) is 0 Å². The molecule has 0 bridgehead atoms. The fraction of sp³-hybridized carbons (Fsp3) is 0.857. The van der Waals surface area contributed by atoms with E-state index >= 15 is 0 Å². The summed E-state index contributed by atoms with van der Waals surface area (Å²) in [5.74, 6) is -0.661. The number of amides is 1. The number of nitrogens with one attached hydrogen (secondary N) is 1. The van der Waals surface area contributed by atoms with Crippen LogP contribution in [0.5, 0.6) is 0 Å². The predicted octanol–water partition coefficient (Wildman–Crippen LogP) is 1.37. The van der Waals surface area contributed by atoms with Crippen molar-refractivity contribution in [3.05, 3.63) is 0 Å². The van der Waals surface area contributed by atoms with Crippen molar-refractivity contribution in [3.63, 3.8) is 0 Å². The summed E-state index contributed by atoms with van der Waals surface area (Å²) in [4.78, 5) is 22.7. The summed E-state index contributed by atoms with van der Waals surface area (Å²) in [6, 6.07) is 0. The monoisotopic (exact) mass is 270 g/mol. The van der Waals surface area contributed by atoms with Gasteiger partial charge in [0.2, 0.25) is 5.91 Å². The second kappa shape index (κ2) is 8.15. The van der Waals surface area contributed by atoms with E-state index < -0.39 is 5.97 Å². The van der Waals surface area contributed by atoms with E-state index in [-0.39, 0.29) is 17.7 Å². The second-order valence-electron chi connectivity index (χ2n) is 5.56. The molecule has 1 aliphatic carbocycles. The highest BCUT2D eigenvalue weighted by Gasteiger charge is 2.29. The summed E-state index contributed by atoms with van der Waals surface area (Å²) in [5.41, 5.74) is 5.71. The Labute approximate surface area is 114 Å². The summed E-state index contributed by atoms with van der Waals surface area (Å²) in [6.45, 7) is 2.83. The smallest absolute Gasteiger partial charge is 0.306 e. The molecule has 5 heteroatoms. The van der Waals surface area contributed by atoms with Crippen molar-refractivity contribution in [1.29, 1.82) is 0 Å². The van der Waals surface area contributed by atoms with Gasteiger partial charge in [-0.05, 0) is 38.1 Å². The first kappa shape index (κ1) is 16.0. The third kappa shape index (κ3) is 5.19. The zero-order valence-corrected chi connectivity index (χ0v) is 11.7. The number of nitrogens with two attached hydrogens (primary N) is 1. The molecule has 0 saturated heterocycles. The second-order valence-corrected chi connectivity index (χ2v) is 5.56. The Morgan fingerprint density at radius 1 is 1.37 bits per heavy atom. The molecule has 0 aromatic rings. The van der Waals surface area contributed by atoms with Gasteiger partial charge in [0, 0.05) is 12.5 Å². The zero-order valence-electron chi connectivity index (χ0n) is 11.7. The molecule has 5 nitrogen and oxygen atoms in total. The van der Waals surface area contributed by atoms with E-state index in [1.165, 1.54) is 6.42 Å². The SMILES string of the molecule is CC(CCCNC(=O)C1CCCCC1CN)C(=O)O.